The van der Waals surface area contributed by atoms with Crippen LogP contribution in [-0.2, 0) is 4.79 Å². The highest BCUT2D eigenvalue weighted by Gasteiger charge is 2.31. The molecule has 2 atom stereocenters. The van der Waals surface area contributed by atoms with E-state index in [2.05, 4.69) is 17.4 Å². The minimum atomic E-state index is -0.472. The number of likely N-dealkylation sites (tertiary alicyclic amines) is 1. The van der Waals surface area contributed by atoms with Gasteiger partial charge in [-0.3, -0.25) is 4.79 Å². The van der Waals surface area contributed by atoms with Crippen LogP contribution in [0.2, 0.25) is 0 Å². The van der Waals surface area contributed by atoms with E-state index in [0.717, 1.165) is 37.2 Å². The smallest absolute Gasteiger partial charge is 0.263 e. The molecule has 1 amide bonds. The highest BCUT2D eigenvalue weighted by molar-refractivity contribution is 5.85. The number of halogens is 1. The van der Waals surface area contributed by atoms with Crippen molar-refractivity contribution in [2.75, 3.05) is 20.1 Å². The van der Waals surface area contributed by atoms with Crippen molar-refractivity contribution in [3.05, 3.63) is 54.6 Å². The van der Waals surface area contributed by atoms with Gasteiger partial charge in [-0.05, 0) is 50.1 Å². The van der Waals surface area contributed by atoms with E-state index in [4.69, 9.17) is 4.74 Å². The molecular weight excluding hydrogens is 348 g/mol. The summed E-state index contributed by atoms with van der Waals surface area (Å²) in [7, 11) is 1.93. The van der Waals surface area contributed by atoms with Crippen LogP contribution >= 0.6 is 12.4 Å². The molecule has 0 aliphatic carbocycles. The molecule has 140 valence electrons. The maximum Gasteiger partial charge on any atom is 0.263 e. The van der Waals surface area contributed by atoms with Crippen molar-refractivity contribution in [1.82, 2.24) is 10.2 Å². The monoisotopic (exact) mass is 374 g/mol. The van der Waals surface area contributed by atoms with Crippen molar-refractivity contribution in [1.29, 1.82) is 0 Å². The van der Waals surface area contributed by atoms with Crippen LogP contribution < -0.4 is 10.1 Å². The van der Waals surface area contributed by atoms with Gasteiger partial charge in [0.1, 0.15) is 5.75 Å². The summed E-state index contributed by atoms with van der Waals surface area (Å²) >= 11 is 0. The maximum atomic E-state index is 12.7. The topological polar surface area (TPSA) is 41.6 Å². The lowest BCUT2D eigenvalue weighted by Gasteiger charge is -2.27. The van der Waals surface area contributed by atoms with E-state index in [1.807, 2.05) is 61.3 Å². The summed E-state index contributed by atoms with van der Waals surface area (Å²) in [4.78, 5) is 14.7. The van der Waals surface area contributed by atoms with Gasteiger partial charge in [-0.1, -0.05) is 42.5 Å². The summed E-state index contributed by atoms with van der Waals surface area (Å²) in [6, 6.07) is 18.4. The van der Waals surface area contributed by atoms with Gasteiger partial charge < -0.3 is 15.0 Å². The largest absolute Gasteiger partial charge is 0.481 e. The first-order valence-corrected chi connectivity index (χ1v) is 8.96. The molecule has 0 saturated carbocycles. The average molecular weight is 375 g/mol. The summed E-state index contributed by atoms with van der Waals surface area (Å²) in [5.41, 5.74) is 2.31. The number of hydrogen-bond acceptors (Lipinski definition) is 3. The van der Waals surface area contributed by atoms with Crippen molar-refractivity contribution >= 4 is 18.3 Å². The Morgan fingerprint density at radius 2 is 1.81 bits per heavy atom. The molecular formula is C21H27ClN2O2. The van der Waals surface area contributed by atoms with E-state index in [9.17, 15) is 4.79 Å². The second-order valence-electron chi connectivity index (χ2n) is 6.54. The van der Waals surface area contributed by atoms with Crippen molar-refractivity contribution in [3.8, 4) is 16.9 Å². The molecule has 1 aliphatic heterocycles. The van der Waals surface area contributed by atoms with Gasteiger partial charge in [0.2, 0.25) is 0 Å². The predicted octanol–water partition coefficient (Wildman–Crippen LogP) is 3.75. The van der Waals surface area contributed by atoms with Gasteiger partial charge in [-0.15, -0.1) is 12.4 Å². The van der Waals surface area contributed by atoms with Gasteiger partial charge in [0, 0.05) is 19.1 Å². The Bertz CT molecular complexity index is 691. The van der Waals surface area contributed by atoms with Crippen LogP contribution in [0.15, 0.2) is 54.6 Å². The van der Waals surface area contributed by atoms with Crippen LogP contribution in [0.25, 0.3) is 11.1 Å². The molecule has 1 saturated heterocycles. The lowest BCUT2D eigenvalue weighted by molar-refractivity contribution is -0.138. The Kier molecular flexibility index (Phi) is 7.49. The van der Waals surface area contributed by atoms with Crippen molar-refractivity contribution < 1.29 is 9.53 Å². The zero-order valence-corrected chi connectivity index (χ0v) is 16.2. The van der Waals surface area contributed by atoms with Gasteiger partial charge in [-0.25, -0.2) is 0 Å². The van der Waals surface area contributed by atoms with Gasteiger partial charge >= 0.3 is 0 Å². The number of carbonyl (C=O) groups excluding carboxylic acids is 1. The first-order valence-electron chi connectivity index (χ1n) is 8.96. The van der Waals surface area contributed by atoms with Crippen LogP contribution in [-0.4, -0.2) is 43.1 Å². The molecule has 2 aromatic carbocycles. The first-order chi connectivity index (χ1) is 12.2. The second kappa shape index (κ2) is 9.60. The third-order valence-corrected chi connectivity index (χ3v) is 4.72. The molecule has 0 aromatic heterocycles. The molecule has 3 rings (SSSR count). The highest BCUT2D eigenvalue weighted by atomic mass is 35.5. The fourth-order valence-electron chi connectivity index (χ4n) is 3.42. The Labute approximate surface area is 162 Å². The number of rotatable bonds is 6. The quantitative estimate of drug-likeness (QED) is 0.837. The molecule has 1 fully saturated rings. The van der Waals surface area contributed by atoms with E-state index in [1.165, 1.54) is 5.56 Å². The lowest BCUT2D eigenvalue weighted by atomic mass is 10.1. The van der Waals surface area contributed by atoms with E-state index in [-0.39, 0.29) is 24.4 Å². The van der Waals surface area contributed by atoms with E-state index in [1.54, 1.807) is 0 Å². The van der Waals surface area contributed by atoms with Crippen molar-refractivity contribution in [2.24, 2.45) is 0 Å². The summed E-state index contributed by atoms with van der Waals surface area (Å²) in [5.74, 6) is 0.801. The number of ether oxygens (including phenoxy) is 1. The third kappa shape index (κ3) is 4.77. The standard InChI is InChI=1S/C21H26N2O2.ClH/c1-16(21(24)23-14-6-9-19(23)15-22-2)25-20-12-10-18(11-13-20)17-7-4-3-5-8-17;/h3-5,7-8,10-13,16,19,22H,6,9,14-15H2,1-2H3;1H. The number of carbonyl (C=O) groups is 1. The number of amides is 1. The zero-order valence-electron chi connectivity index (χ0n) is 15.4. The molecule has 4 nitrogen and oxygen atoms in total. The fourth-order valence-corrected chi connectivity index (χ4v) is 3.42. The molecule has 1 heterocycles. The van der Waals surface area contributed by atoms with E-state index >= 15 is 0 Å². The molecule has 1 aliphatic rings. The molecule has 5 heteroatoms. The minimum absolute atomic E-state index is 0. The number of hydrogen-bond donors (Lipinski definition) is 1. The summed E-state index contributed by atoms with van der Waals surface area (Å²) in [6.07, 6.45) is 1.65. The second-order valence-corrected chi connectivity index (χ2v) is 6.54. The normalized spacial score (nSPS) is 17.5. The fraction of sp³-hybridized carbons (Fsp3) is 0.381. The van der Waals surface area contributed by atoms with Crippen LogP contribution in [0.5, 0.6) is 5.75 Å². The van der Waals surface area contributed by atoms with Crippen LogP contribution in [0.3, 0.4) is 0 Å². The number of nitrogens with one attached hydrogen (secondary N) is 1. The molecule has 0 radical (unpaired) electrons. The first kappa shape index (κ1) is 20.3. The van der Waals surface area contributed by atoms with Crippen molar-refractivity contribution in [2.45, 2.75) is 31.9 Å². The Morgan fingerprint density at radius 3 is 2.46 bits per heavy atom. The zero-order chi connectivity index (χ0) is 17.6. The van der Waals surface area contributed by atoms with Crippen LogP contribution in [0.4, 0.5) is 0 Å². The number of benzene rings is 2. The maximum absolute atomic E-state index is 12.7. The number of nitrogens with zero attached hydrogens (tertiary/aromatic N) is 1. The van der Waals surface area contributed by atoms with Gasteiger partial charge in [0.25, 0.3) is 5.91 Å². The van der Waals surface area contributed by atoms with Gasteiger partial charge in [0.05, 0.1) is 0 Å². The average Bonchev–Trinajstić information content (AvgIpc) is 3.11. The van der Waals surface area contributed by atoms with Crippen molar-refractivity contribution in [3.63, 3.8) is 0 Å². The molecule has 26 heavy (non-hydrogen) atoms. The Morgan fingerprint density at radius 1 is 1.15 bits per heavy atom. The molecule has 0 spiro atoms. The third-order valence-electron chi connectivity index (χ3n) is 4.72. The van der Waals surface area contributed by atoms with E-state index in [0.29, 0.717) is 0 Å². The SMILES string of the molecule is CNCC1CCCN1C(=O)C(C)Oc1ccc(-c2ccccc2)cc1.Cl. The Hall–Kier alpha value is -2.04. The van der Waals surface area contributed by atoms with Crippen LogP contribution in [0, 0.1) is 0 Å². The molecule has 2 unspecified atom stereocenters. The Balaban J connectivity index is 0.00000243. The number of likely N-dealkylation sites (N-methyl/N-ethyl adjacent to an activating group) is 1. The minimum Gasteiger partial charge on any atom is -0.481 e. The van der Waals surface area contributed by atoms with Gasteiger partial charge in [0.15, 0.2) is 6.10 Å². The van der Waals surface area contributed by atoms with Gasteiger partial charge in [-0.2, -0.15) is 0 Å². The molecule has 0 bridgehead atoms. The summed E-state index contributed by atoms with van der Waals surface area (Å²) < 4.78 is 5.89. The highest BCUT2D eigenvalue weighted by Crippen LogP contribution is 2.24. The van der Waals surface area contributed by atoms with Crippen LogP contribution in [0.1, 0.15) is 19.8 Å². The summed E-state index contributed by atoms with van der Waals surface area (Å²) in [5, 5.41) is 3.17. The molecule has 2 aromatic rings. The van der Waals surface area contributed by atoms with E-state index < -0.39 is 6.10 Å². The molecule has 1 N–H and O–H groups in total. The summed E-state index contributed by atoms with van der Waals surface area (Å²) in [6.45, 7) is 3.50. The predicted molar refractivity (Wildman–Crippen MR) is 108 cm³/mol. The lowest BCUT2D eigenvalue weighted by Crippen LogP contribution is -2.46.